The second-order valence-electron chi connectivity index (χ2n) is 4.61. The standard InChI is InChI=1S/C16H21NS/c1-2-3-4-7-12-18-16-14-9-6-5-8-13(14)10-11-15(16)17/h5-6,8-11H,2-4,7,12,17H2,1H3. The molecule has 0 saturated heterocycles. The molecule has 2 heteroatoms. The monoisotopic (exact) mass is 259 g/mol. The van der Waals surface area contributed by atoms with E-state index in [-0.39, 0.29) is 0 Å². The zero-order chi connectivity index (χ0) is 12.8. The Kier molecular flexibility index (Phi) is 4.94. The molecule has 0 aliphatic rings. The highest BCUT2D eigenvalue weighted by Gasteiger charge is 2.05. The molecule has 0 aliphatic heterocycles. The van der Waals surface area contributed by atoms with E-state index in [9.17, 15) is 0 Å². The van der Waals surface area contributed by atoms with Crippen LogP contribution in [0.5, 0.6) is 0 Å². The van der Waals surface area contributed by atoms with E-state index in [1.165, 1.54) is 41.4 Å². The number of anilines is 1. The lowest BCUT2D eigenvalue weighted by molar-refractivity contribution is 0.706. The van der Waals surface area contributed by atoms with Crippen molar-refractivity contribution in [1.29, 1.82) is 0 Å². The molecule has 0 amide bonds. The molecule has 2 N–H and O–H groups in total. The van der Waals surface area contributed by atoms with Crippen molar-refractivity contribution < 1.29 is 0 Å². The van der Waals surface area contributed by atoms with E-state index in [0.717, 1.165) is 11.4 Å². The minimum absolute atomic E-state index is 0.911. The molecule has 2 aromatic carbocycles. The van der Waals surface area contributed by atoms with Crippen LogP contribution >= 0.6 is 11.8 Å². The van der Waals surface area contributed by atoms with Crippen molar-refractivity contribution in [3.63, 3.8) is 0 Å². The van der Waals surface area contributed by atoms with Gasteiger partial charge in [-0.25, -0.2) is 0 Å². The summed E-state index contributed by atoms with van der Waals surface area (Å²) in [6.45, 7) is 2.25. The van der Waals surface area contributed by atoms with E-state index in [2.05, 4.69) is 37.3 Å². The van der Waals surface area contributed by atoms with Crippen molar-refractivity contribution in [3.05, 3.63) is 36.4 Å². The van der Waals surface area contributed by atoms with Gasteiger partial charge < -0.3 is 5.73 Å². The van der Waals surface area contributed by atoms with Crippen LogP contribution in [0.25, 0.3) is 10.8 Å². The lowest BCUT2D eigenvalue weighted by Crippen LogP contribution is -1.91. The Labute approximate surface area is 114 Å². The summed E-state index contributed by atoms with van der Waals surface area (Å²) in [6.07, 6.45) is 5.24. The van der Waals surface area contributed by atoms with Crippen LogP contribution in [0.3, 0.4) is 0 Å². The molecule has 96 valence electrons. The van der Waals surface area contributed by atoms with Gasteiger partial charge in [-0.15, -0.1) is 11.8 Å². The molecule has 0 aliphatic carbocycles. The summed E-state index contributed by atoms with van der Waals surface area (Å²) in [5.74, 6) is 1.16. The molecule has 0 heterocycles. The average Bonchev–Trinajstić information content (AvgIpc) is 2.41. The number of unbranched alkanes of at least 4 members (excludes halogenated alkanes) is 3. The van der Waals surface area contributed by atoms with Crippen LogP contribution in [-0.4, -0.2) is 5.75 Å². The zero-order valence-corrected chi connectivity index (χ0v) is 11.8. The van der Waals surface area contributed by atoms with E-state index in [1.807, 2.05) is 17.8 Å². The molecule has 1 nitrogen and oxygen atoms in total. The fourth-order valence-electron chi connectivity index (χ4n) is 2.12. The maximum Gasteiger partial charge on any atom is 0.0458 e. The number of fused-ring (bicyclic) bond motifs is 1. The number of thioether (sulfide) groups is 1. The Morgan fingerprint density at radius 1 is 1.00 bits per heavy atom. The summed E-state index contributed by atoms with van der Waals surface area (Å²) in [5.41, 5.74) is 7.02. The molecular formula is C16H21NS. The summed E-state index contributed by atoms with van der Waals surface area (Å²) in [4.78, 5) is 1.25. The van der Waals surface area contributed by atoms with Crippen LogP contribution in [0.2, 0.25) is 0 Å². The molecule has 0 aromatic heterocycles. The van der Waals surface area contributed by atoms with Crippen LogP contribution in [0.4, 0.5) is 5.69 Å². The van der Waals surface area contributed by atoms with Crippen LogP contribution in [0.1, 0.15) is 32.6 Å². The molecule has 18 heavy (non-hydrogen) atoms. The summed E-state index contributed by atoms with van der Waals surface area (Å²) in [5, 5.41) is 2.57. The lowest BCUT2D eigenvalue weighted by Gasteiger charge is -2.09. The minimum atomic E-state index is 0.911. The minimum Gasteiger partial charge on any atom is -0.398 e. The van der Waals surface area contributed by atoms with Crippen LogP contribution in [0.15, 0.2) is 41.3 Å². The van der Waals surface area contributed by atoms with Gasteiger partial charge in [-0.05, 0) is 29.0 Å². The molecule has 0 radical (unpaired) electrons. The Hall–Kier alpha value is -1.15. The van der Waals surface area contributed by atoms with Crippen molar-refractivity contribution in [1.82, 2.24) is 0 Å². The van der Waals surface area contributed by atoms with Gasteiger partial charge in [0.05, 0.1) is 0 Å². The number of rotatable bonds is 6. The first-order valence-electron chi connectivity index (χ1n) is 6.73. The maximum atomic E-state index is 6.11. The number of nitrogens with two attached hydrogens (primary N) is 1. The smallest absolute Gasteiger partial charge is 0.0458 e. The van der Waals surface area contributed by atoms with E-state index < -0.39 is 0 Å². The largest absolute Gasteiger partial charge is 0.398 e. The maximum absolute atomic E-state index is 6.11. The Bertz CT molecular complexity index is 507. The van der Waals surface area contributed by atoms with Crippen molar-refractivity contribution in [3.8, 4) is 0 Å². The lowest BCUT2D eigenvalue weighted by atomic mass is 10.1. The highest BCUT2D eigenvalue weighted by Crippen LogP contribution is 2.33. The first kappa shape index (κ1) is 13.3. The highest BCUT2D eigenvalue weighted by molar-refractivity contribution is 7.99. The van der Waals surface area contributed by atoms with Gasteiger partial charge in [0.25, 0.3) is 0 Å². The molecule has 0 bridgehead atoms. The first-order chi connectivity index (χ1) is 8.83. The zero-order valence-electron chi connectivity index (χ0n) is 11.0. The van der Waals surface area contributed by atoms with E-state index in [1.54, 1.807) is 0 Å². The number of hydrogen-bond donors (Lipinski definition) is 1. The molecule has 0 saturated carbocycles. The summed E-state index contributed by atoms with van der Waals surface area (Å²) >= 11 is 1.90. The summed E-state index contributed by atoms with van der Waals surface area (Å²) < 4.78 is 0. The molecule has 2 aromatic rings. The van der Waals surface area contributed by atoms with Gasteiger partial charge in [0, 0.05) is 10.6 Å². The van der Waals surface area contributed by atoms with Gasteiger partial charge in [-0.2, -0.15) is 0 Å². The second-order valence-corrected chi connectivity index (χ2v) is 5.72. The number of nitrogen functional groups attached to an aromatic ring is 1. The third-order valence-corrected chi connectivity index (χ3v) is 4.39. The second kappa shape index (κ2) is 6.69. The third kappa shape index (κ3) is 3.20. The fraction of sp³-hybridized carbons (Fsp3) is 0.375. The first-order valence-corrected chi connectivity index (χ1v) is 7.71. The van der Waals surface area contributed by atoms with Crippen LogP contribution in [-0.2, 0) is 0 Å². The van der Waals surface area contributed by atoms with Gasteiger partial charge in [0.1, 0.15) is 0 Å². The quantitative estimate of drug-likeness (QED) is 0.444. The molecule has 0 unspecified atom stereocenters. The molecule has 0 fully saturated rings. The van der Waals surface area contributed by atoms with Crippen molar-refractivity contribution in [2.45, 2.75) is 37.5 Å². The fourth-order valence-corrected chi connectivity index (χ4v) is 3.25. The van der Waals surface area contributed by atoms with E-state index >= 15 is 0 Å². The Morgan fingerprint density at radius 3 is 2.67 bits per heavy atom. The van der Waals surface area contributed by atoms with Crippen molar-refractivity contribution in [2.75, 3.05) is 11.5 Å². The molecule has 0 atom stereocenters. The average molecular weight is 259 g/mol. The highest BCUT2D eigenvalue weighted by atomic mass is 32.2. The normalized spacial score (nSPS) is 10.9. The van der Waals surface area contributed by atoms with Crippen molar-refractivity contribution in [2.24, 2.45) is 0 Å². The summed E-state index contributed by atoms with van der Waals surface area (Å²) in [7, 11) is 0. The SMILES string of the molecule is CCCCCCSc1c(N)ccc2ccccc12. The molecule has 2 rings (SSSR count). The van der Waals surface area contributed by atoms with Gasteiger partial charge in [0.15, 0.2) is 0 Å². The predicted molar refractivity (Wildman–Crippen MR) is 83.2 cm³/mol. The number of benzene rings is 2. The number of hydrogen-bond acceptors (Lipinski definition) is 2. The van der Waals surface area contributed by atoms with E-state index in [0.29, 0.717) is 0 Å². The van der Waals surface area contributed by atoms with Gasteiger partial charge >= 0.3 is 0 Å². The van der Waals surface area contributed by atoms with E-state index in [4.69, 9.17) is 5.73 Å². The molecule has 0 spiro atoms. The predicted octanol–water partition coefficient (Wildman–Crippen LogP) is 5.09. The Morgan fingerprint density at radius 2 is 1.83 bits per heavy atom. The van der Waals surface area contributed by atoms with Gasteiger partial charge in [-0.3, -0.25) is 0 Å². The van der Waals surface area contributed by atoms with Gasteiger partial charge in [-0.1, -0.05) is 56.5 Å². The third-order valence-electron chi connectivity index (χ3n) is 3.15. The van der Waals surface area contributed by atoms with Gasteiger partial charge in [0.2, 0.25) is 0 Å². The Balaban J connectivity index is 2.09. The summed E-state index contributed by atoms with van der Waals surface area (Å²) in [6, 6.07) is 12.6. The van der Waals surface area contributed by atoms with Crippen molar-refractivity contribution >= 4 is 28.2 Å². The van der Waals surface area contributed by atoms with Crippen LogP contribution < -0.4 is 5.73 Å². The van der Waals surface area contributed by atoms with Crippen LogP contribution in [0, 0.1) is 0 Å². The topological polar surface area (TPSA) is 26.0 Å². The molecular weight excluding hydrogens is 238 g/mol.